The number of halogens is 1. The second-order valence-electron chi connectivity index (χ2n) is 6.64. The Labute approximate surface area is 164 Å². The summed E-state index contributed by atoms with van der Waals surface area (Å²) in [5.41, 5.74) is 2.98. The Bertz CT molecular complexity index is 810. The lowest BCUT2D eigenvalue weighted by Gasteiger charge is -2.27. The lowest BCUT2D eigenvalue weighted by Crippen LogP contribution is -2.35. The third-order valence-corrected chi connectivity index (χ3v) is 5.02. The summed E-state index contributed by atoms with van der Waals surface area (Å²) in [6, 6.07) is 11.8. The number of hydrogen-bond donors (Lipinski definition) is 2. The molecule has 1 aliphatic rings. The van der Waals surface area contributed by atoms with Gasteiger partial charge in [-0.2, -0.15) is 0 Å². The second-order valence-corrected chi connectivity index (χ2v) is 7.45. The van der Waals surface area contributed by atoms with Crippen molar-refractivity contribution in [1.29, 1.82) is 0 Å². The van der Waals surface area contributed by atoms with Gasteiger partial charge in [0.1, 0.15) is 13.2 Å². The normalized spacial score (nSPS) is 14.0. The van der Waals surface area contributed by atoms with Crippen molar-refractivity contribution in [3.05, 3.63) is 52.5 Å². The highest BCUT2D eigenvalue weighted by Gasteiger charge is 2.20. The SMILES string of the molecule is Cc1c(Cl)cccc1NC(=S)N[C@H](c1ccc2c(c1)OCCO2)C(C)C. The molecule has 26 heavy (non-hydrogen) atoms. The Morgan fingerprint density at radius 2 is 1.85 bits per heavy atom. The smallest absolute Gasteiger partial charge is 0.171 e. The molecule has 0 aliphatic carbocycles. The summed E-state index contributed by atoms with van der Waals surface area (Å²) in [6.45, 7) is 7.44. The number of benzene rings is 2. The van der Waals surface area contributed by atoms with E-state index in [2.05, 4.69) is 30.5 Å². The summed E-state index contributed by atoms with van der Waals surface area (Å²) in [6.07, 6.45) is 0. The quantitative estimate of drug-likeness (QED) is 0.710. The fraction of sp³-hybridized carbons (Fsp3) is 0.350. The van der Waals surface area contributed by atoms with Crippen LogP contribution in [0.25, 0.3) is 0 Å². The van der Waals surface area contributed by atoms with Crippen molar-refractivity contribution in [1.82, 2.24) is 5.32 Å². The molecule has 2 aromatic carbocycles. The van der Waals surface area contributed by atoms with Crippen molar-refractivity contribution >= 4 is 34.6 Å². The van der Waals surface area contributed by atoms with Crippen LogP contribution in [0.2, 0.25) is 5.02 Å². The molecule has 1 atom stereocenters. The molecule has 0 unspecified atom stereocenters. The van der Waals surface area contributed by atoms with Gasteiger partial charge in [-0.3, -0.25) is 0 Å². The van der Waals surface area contributed by atoms with E-state index in [1.807, 2.05) is 37.3 Å². The van der Waals surface area contributed by atoms with Gasteiger partial charge in [0.2, 0.25) is 0 Å². The lowest BCUT2D eigenvalue weighted by atomic mass is 9.95. The van der Waals surface area contributed by atoms with Crippen LogP contribution in [-0.2, 0) is 0 Å². The minimum absolute atomic E-state index is 0.0466. The van der Waals surface area contributed by atoms with Gasteiger partial charge in [0.05, 0.1) is 6.04 Å². The first kappa shape index (κ1) is 18.8. The predicted molar refractivity (Wildman–Crippen MR) is 111 cm³/mol. The third-order valence-electron chi connectivity index (χ3n) is 4.39. The molecule has 1 aliphatic heterocycles. The van der Waals surface area contributed by atoms with E-state index in [0.29, 0.717) is 29.3 Å². The van der Waals surface area contributed by atoms with Crippen molar-refractivity contribution in [2.24, 2.45) is 5.92 Å². The number of fused-ring (bicyclic) bond motifs is 1. The molecule has 6 heteroatoms. The van der Waals surface area contributed by atoms with Gasteiger partial charge in [-0.05, 0) is 60.5 Å². The summed E-state index contributed by atoms with van der Waals surface area (Å²) in [7, 11) is 0. The number of ether oxygens (including phenoxy) is 2. The second kappa shape index (κ2) is 8.14. The largest absolute Gasteiger partial charge is 0.486 e. The van der Waals surface area contributed by atoms with Crippen LogP contribution in [0.5, 0.6) is 11.5 Å². The summed E-state index contributed by atoms with van der Waals surface area (Å²) in [4.78, 5) is 0. The standard InChI is InChI=1S/C20H23ClN2O2S/c1-12(2)19(14-7-8-17-18(11-14)25-10-9-24-17)23-20(26)22-16-6-4-5-15(21)13(16)3/h4-8,11-12,19H,9-10H2,1-3H3,(H2,22,23,26)/t19-/m0/s1. The molecule has 138 valence electrons. The summed E-state index contributed by atoms with van der Waals surface area (Å²) in [5.74, 6) is 1.90. The van der Waals surface area contributed by atoms with Crippen LogP contribution in [0, 0.1) is 12.8 Å². The summed E-state index contributed by atoms with van der Waals surface area (Å²) < 4.78 is 11.3. The van der Waals surface area contributed by atoms with Crippen molar-refractivity contribution < 1.29 is 9.47 Å². The van der Waals surface area contributed by atoms with E-state index >= 15 is 0 Å². The highest BCUT2D eigenvalue weighted by atomic mass is 35.5. The fourth-order valence-corrected chi connectivity index (χ4v) is 3.34. The van der Waals surface area contributed by atoms with Crippen LogP contribution >= 0.6 is 23.8 Å². The number of rotatable bonds is 4. The maximum atomic E-state index is 6.19. The molecule has 2 N–H and O–H groups in total. The number of nitrogens with one attached hydrogen (secondary N) is 2. The maximum absolute atomic E-state index is 6.19. The summed E-state index contributed by atoms with van der Waals surface area (Å²) in [5, 5.41) is 7.94. The molecule has 0 saturated carbocycles. The van der Waals surface area contributed by atoms with E-state index in [0.717, 1.165) is 28.3 Å². The Hall–Kier alpha value is -1.98. The molecule has 0 aromatic heterocycles. The molecule has 4 nitrogen and oxygen atoms in total. The van der Waals surface area contributed by atoms with Crippen LogP contribution in [0.15, 0.2) is 36.4 Å². The molecule has 0 spiro atoms. The van der Waals surface area contributed by atoms with E-state index in [4.69, 9.17) is 33.3 Å². The first-order chi connectivity index (χ1) is 12.5. The number of hydrogen-bond acceptors (Lipinski definition) is 3. The van der Waals surface area contributed by atoms with E-state index < -0.39 is 0 Å². The lowest BCUT2D eigenvalue weighted by molar-refractivity contribution is 0.171. The predicted octanol–water partition coefficient (Wildman–Crippen LogP) is 5.10. The molecule has 3 rings (SSSR count). The van der Waals surface area contributed by atoms with Gasteiger partial charge in [0, 0.05) is 10.7 Å². The van der Waals surface area contributed by atoms with Crippen molar-refractivity contribution in [2.45, 2.75) is 26.8 Å². The van der Waals surface area contributed by atoms with E-state index in [1.54, 1.807) is 0 Å². The van der Waals surface area contributed by atoms with Gasteiger partial charge in [-0.15, -0.1) is 0 Å². The van der Waals surface area contributed by atoms with Gasteiger partial charge < -0.3 is 20.1 Å². The summed E-state index contributed by atoms with van der Waals surface area (Å²) >= 11 is 11.7. The minimum Gasteiger partial charge on any atom is -0.486 e. The topological polar surface area (TPSA) is 42.5 Å². The zero-order chi connectivity index (χ0) is 18.7. The molecule has 0 fully saturated rings. The van der Waals surface area contributed by atoms with Gasteiger partial charge in [0.25, 0.3) is 0 Å². The average molecular weight is 391 g/mol. The first-order valence-electron chi connectivity index (χ1n) is 8.68. The third kappa shape index (κ3) is 4.22. The number of anilines is 1. The highest BCUT2D eigenvalue weighted by molar-refractivity contribution is 7.80. The van der Waals surface area contributed by atoms with Crippen LogP contribution in [0.4, 0.5) is 5.69 Å². The van der Waals surface area contributed by atoms with Crippen LogP contribution in [-0.4, -0.2) is 18.3 Å². The molecule has 2 aromatic rings. The van der Waals surface area contributed by atoms with Crippen molar-refractivity contribution in [2.75, 3.05) is 18.5 Å². The molecule has 0 bridgehead atoms. The molecule has 0 amide bonds. The Morgan fingerprint density at radius 3 is 2.58 bits per heavy atom. The zero-order valence-electron chi connectivity index (χ0n) is 15.1. The monoisotopic (exact) mass is 390 g/mol. The molecule has 1 heterocycles. The van der Waals surface area contributed by atoms with Crippen LogP contribution in [0.3, 0.4) is 0 Å². The highest BCUT2D eigenvalue weighted by Crippen LogP contribution is 2.34. The maximum Gasteiger partial charge on any atom is 0.171 e. The van der Waals surface area contributed by atoms with Gasteiger partial charge in [-0.25, -0.2) is 0 Å². The molecular formula is C20H23ClN2O2S. The fourth-order valence-electron chi connectivity index (χ4n) is 2.93. The van der Waals surface area contributed by atoms with Gasteiger partial charge in [-0.1, -0.05) is 37.6 Å². The first-order valence-corrected chi connectivity index (χ1v) is 9.46. The van der Waals surface area contributed by atoms with E-state index in [9.17, 15) is 0 Å². The Balaban J connectivity index is 1.76. The number of thiocarbonyl (C=S) groups is 1. The minimum atomic E-state index is 0.0466. The average Bonchev–Trinajstić information content (AvgIpc) is 2.63. The van der Waals surface area contributed by atoms with E-state index in [1.165, 1.54) is 0 Å². The zero-order valence-corrected chi connectivity index (χ0v) is 16.7. The Kier molecular flexibility index (Phi) is 5.89. The Morgan fingerprint density at radius 1 is 1.12 bits per heavy atom. The van der Waals surface area contributed by atoms with Gasteiger partial charge in [0.15, 0.2) is 16.6 Å². The molecular weight excluding hydrogens is 368 g/mol. The van der Waals surface area contributed by atoms with Crippen molar-refractivity contribution in [3.63, 3.8) is 0 Å². The van der Waals surface area contributed by atoms with Crippen LogP contribution < -0.4 is 20.1 Å². The molecule has 0 saturated heterocycles. The van der Waals surface area contributed by atoms with Crippen LogP contribution in [0.1, 0.15) is 31.0 Å². The van der Waals surface area contributed by atoms with E-state index in [-0.39, 0.29) is 6.04 Å². The van der Waals surface area contributed by atoms with Gasteiger partial charge >= 0.3 is 0 Å². The van der Waals surface area contributed by atoms with Crippen molar-refractivity contribution in [3.8, 4) is 11.5 Å². The molecule has 0 radical (unpaired) electrons.